The SMILES string of the molecule is COc1cc(C(=O)N[C@H]2CCOc3ccccc32)cc2c1OCCO2. The van der Waals surface area contributed by atoms with Crippen molar-refractivity contribution in [1.29, 1.82) is 0 Å². The number of benzene rings is 2. The van der Waals surface area contributed by atoms with Crippen LogP contribution in [-0.4, -0.2) is 32.8 Å². The first-order valence-electron chi connectivity index (χ1n) is 8.26. The lowest BCUT2D eigenvalue weighted by Crippen LogP contribution is -2.32. The van der Waals surface area contributed by atoms with E-state index < -0.39 is 0 Å². The summed E-state index contributed by atoms with van der Waals surface area (Å²) >= 11 is 0. The molecule has 2 heterocycles. The predicted molar refractivity (Wildman–Crippen MR) is 90.7 cm³/mol. The molecule has 0 bridgehead atoms. The number of fused-ring (bicyclic) bond motifs is 2. The number of para-hydroxylation sites is 1. The van der Waals surface area contributed by atoms with Gasteiger partial charge in [0.25, 0.3) is 5.91 Å². The molecule has 0 aliphatic carbocycles. The Balaban J connectivity index is 1.60. The van der Waals surface area contributed by atoms with Crippen LogP contribution in [0.5, 0.6) is 23.0 Å². The molecular formula is C19H19NO5. The Bertz CT molecular complexity index is 787. The fraction of sp³-hybridized carbons (Fsp3) is 0.316. The zero-order chi connectivity index (χ0) is 17.2. The Morgan fingerprint density at radius 2 is 1.88 bits per heavy atom. The van der Waals surface area contributed by atoms with Crippen molar-refractivity contribution in [1.82, 2.24) is 5.32 Å². The third-order valence-electron chi connectivity index (χ3n) is 4.35. The normalized spacial score (nSPS) is 17.9. The van der Waals surface area contributed by atoms with Crippen molar-refractivity contribution in [2.75, 3.05) is 26.9 Å². The average Bonchev–Trinajstić information content (AvgIpc) is 2.67. The standard InChI is InChI=1S/C19H19NO5/c1-22-16-10-12(11-17-18(16)25-9-8-24-17)19(21)20-14-6-7-23-15-5-3-2-4-13(14)15/h2-5,10-11,14H,6-9H2,1H3,(H,20,21)/t14-/m0/s1. The lowest BCUT2D eigenvalue weighted by molar-refractivity contribution is 0.0923. The molecule has 0 saturated carbocycles. The van der Waals surface area contributed by atoms with Crippen molar-refractivity contribution in [2.24, 2.45) is 0 Å². The molecule has 1 N–H and O–H groups in total. The van der Waals surface area contributed by atoms with Gasteiger partial charge in [0.05, 0.1) is 19.8 Å². The molecule has 0 unspecified atom stereocenters. The number of carbonyl (C=O) groups excluding carboxylic acids is 1. The first kappa shape index (κ1) is 15.6. The molecule has 6 heteroatoms. The van der Waals surface area contributed by atoms with Gasteiger partial charge in [-0.05, 0) is 18.2 Å². The molecule has 0 saturated heterocycles. The highest BCUT2D eigenvalue weighted by Crippen LogP contribution is 2.40. The van der Waals surface area contributed by atoms with Gasteiger partial charge < -0.3 is 24.3 Å². The second-order valence-corrected chi connectivity index (χ2v) is 5.90. The third-order valence-corrected chi connectivity index (χ3v) is 4.35. The van der Waals surface area contributed by atoms with Crippen LogP contribution < -0.4 is 24.3 Å². The molecule has 0 fully saturated rings. The minimum Gasteiger partial charge on any atom is -0.493 e. The van der Waals surface area contributed by atoms with Crippen LogP contribution in [0.1, 0.15) is 28.4 Å². The summed E-state index contributed by atoms with van der Waals surface area (Å²) in [5.74, 6) is 2.20. The lowest BCUT2D eigenvalue weighted by atomic mass is 10.00. The Labute approximate surface area is 145 Å². The van der Waals surface area contributed by atoms with E-state index in [0.717, 1.165) is 17.7 Å². The molecule has 0 radical (unpaired) electrons. The average molecular weight is 341 g/mol. The molecule has 2 aromatic carbocycles. The summed E-state index contributed by atoms with van der Waals surface area (Å²) in [5, 5.41) is 3.08. The van der Waals surface area contributed by atoms with E-state index >= 15 is 0 Å². The first-order valence-corrected chi connectivity index (χ1v) is 8.26. The van der Waals surface area contributed by atoms with E-state index in [9.17, 15) is 4.79 Å². The molecule has 0 spiro atoms. The summed E-state index contributed by atoms with van der Waals surface area (Å²) in [6.45, 7) is 1.49. The van der Waals surface area contributed by atoms with Gasteiger partial charge in [0.1, 0.15) is 19.0 Å². The van der Waals surface area contributed by atoms with E-state index in [1.807, 2.05) is 24.3 Å². The molecule has 1 amide bonds. The van der Waals surface area contributed by atoms with Crippen LogP contribution in [0, 0.1) is 0 Å². The topological polar surface area (TPSA) is 66.0 Å². The minimum atomic E-state index is -0.183. The highest BCUT2D eigenvalue weighted by molar-refractivity contribution is 5.96. The lowest BCUT2D eigenvalue weighted by Gasteiger charge is -2.27. The van der Waals surface area contributed by atoms with Crippen LogP contribution in [-0.2, 0) is 0 Å². The van der Waals surface area contributed by atoms with Crippen LogP contribution in [0.3, 0.4) is 0 Å². The summed E-state index contributed by atoms with van der Waals surface area (Å²) in [6, 6.07) is 11.0. The van der Waals surface area contributed by atoms with E-state index in [-0.39, 0.29) is 11.9 Å². The number of methoxy groups -OCH3 is 1. The molecule has 6 nitrogen and oxygen atoms in total. The number of ether oxygens (including phenoxy) is 4. The molecule has 130 valence electrons. The van der Waals surface area contributed by atoms with E-state index in [4.69, 9.17) is 18.9 Å². The van der Waals surface area contributed by atoms with E-state index in [1.165, 1.54) is 0 Å². The summed E-state index contributed by atoms with van der Waals surface area (Å²) in [4.78, 5) is 12.8. The van der Waals surface area contributed by atoms with E-state index in [1.54, 1.807) is 19.2 Å². The summed E-state index contributed by atoms with van der Waals surface area (Å²) in [6.07, 6.45) is 0.727. The van der Waals surface area contributed by atoms with Gasteiger partial charge >= 0.3 is 0 Å². The second kappa shape index (κ2) is 6.55. The van der Waals surface area contributed by atoms with Gasteiger partial charge in [0, 0.05) is 17.5 Å². The van der Waals surface area contributed by atoms with E-state index in [0.29, 0.717) is 42.6 Å². The van der Waals surface area contributed by atoms with Gasteiger partial charge in [-0.25, -0.2) is 0 Å². The van der Waals surface area contributed by atoms with Crippen LogP contribution in [0.25, 0.3) is 0 Å². The van der Waals surface area contributed by atoms with E-state index in [2.05, 4.69) is 5.32 Å². The van der Waals surface area contributed by atoms with Crippen molar-refractivity contribution in [3.63, 3.8) is 0 Å². The molecule has 2 aliphatic heterocycles. The fourth-order valence-corrected chi connectivity index (χ4v) is 3.14. The first-order chi connectivity index (χ1) is 12.3. The third kappa shape index (κ3) is 2.95. The van der Waals surface area contributed by atoms with Crippen LogP contribution in [0.4, 0.5) is 0 Å². The minimum absolute atomic E-state index is 0.0864. The molecule has 4 rings (SSSR count). The number of carbonyl (C=O) groups is 1. The maximum absolute atomic E-state index is 12.8. The summed E-state index contributed by atoms with van der Waals surface area (Å²) < 4.78 is 22.2. The zero-order valence-corrected chi connectivity index (χ0v) is 13.9. The molecule has 1 atom stereocenters. The number of amides is 1. The van der Waals surface area contributed by atoms with Crippen molar-refractivity contribution < 1.29 is 23.7 Å². The quantitative estimate of drug-likeness (QED) is 0.930. The molecular weight excluding hydrogens is 322 g/mol. The zero-order valence-electron chi connectivity index (χ0n) is 13.9. The van der Waals surface area contributed by atoms with Gasteiger partial charge in [-0.15, -0.1) is 0 Å². The highest BCUT2D eigenvalue weighted by Gasteiger charge is 2.25. The van der Waals surface area contributed by atoms with Crippen molar-refractivity contribution in [2.45, 2.75) is 12.5 Å². The summed E-state index contributed by atoms with van der Waals surface area (Å²) in [7, 11) is 1.55. The van der Waals surface area contributed by atoms with Crippen molar-refractivity contribution in [3.8, 4) is 23.0 Å². The Kier molecular flexibility index (Phi) is 4.09. The largest absolute Gasteiger partial charge is 0.493 e. The molecule has 2 aromatic rings. The maximum atomic E-state index is 12.8. The smallest absolute Gasteiger partial charge is 0.252 e. The number of hydrogen-bond donors (Lipinski definition) is 1. The van der Waals surface area contributed by atoms with Gasteiger partial charge in [0.15, 0.2) is 11.5 Å². The van der Waals surface area contributed by atoms with Crippen LogP contribution >= 0.6 is 0 Å². The highest BCUT2D eigenvalue weighted by atomic mass is 16.6. The van der Waals surface area contributed by atoms with Crippen LogP contribution in [0.2, 0.25) is 0 Å². The molecule has 25 heavy (non-hydrogen) atoms. The molecule has 0 aromatic heterocycles. The Morgan fingerprint density at radius 3 is 2.76 bits per heavy atom. The van der Waals surface area contributed by atoms with Crippen molar-refractivity contribution >= 4 is 5.91 Å². The number of nitrogens with one attached hydrogen (secondary N) is 1. The number of rotatable bonds is 3. The fourth-order valence-electron chi connectivity index (χ4n) is 3.14. The predicted octanol–water partition coefficient (Wildman–Crippen LogP) is 2.72. The van der Waals surface area contributed by atoms with Crippen molar-refractivity contribution in [3.05, 3.63) is 47.5 Å². The summed E-state index contributed by atoms with van der Waals surface area (Å²) in [5.41, 5.74) is 1.47. The monoisotopic (exact) mass is 341 g/mol. The molecule has 2 aliphatic rings. The van der Waals surface area contributed by atoms with Gasteiger partial charge in [-0.2, -0.15) is 0 Å². The number of hydrogen-bond acceptors (Lipinski definition) is 5. The Hall–Kier alpha value is -2.89. The van der Waals surface area contributed by atoms with Crippen LogP contribution in [0.15, 0.2) is 36.4 Å². The second-order valence-electron chi connectivity index (χ2n) is 5.90. The van der Waals surface area contributed by atoms with Gasteiger partial charge in [-0.1, -0.05) is 18.2 Å². The Morgan fingerprint density at radius 1 is 1.08 bits per heavy atom. The van der Waals surface area contributed by atoms with Gasteiger partial charge in [0.2, 0.25) is 5.75 Å². The van der Waals surface area contributed by atoms with Gasteiger partial charge in [-0.3, -0.25) is 4.79 Å². The maximum Gasteiger partial charge on any atom is 0.252 e.